The second-order valence-corrected chi connectivity index (χ2v) is 17.9. The Labute approximate surface area is 339 Å². The molecule has 0 radical (unpaired) electrons. The Bertz CT molecular complexity index is 1040. The predicted molar refractivity (Wildman–Crippen MR) is 235 cm³/mol. The van der Waals surface area contributed by atoms with Gasteiger partial charge in [-0.2, -0.15) is 0 Å². The molecule has 0 aromatic heterocycles. The predicted octanol–water partition coefficient (Wildman–Crippen LogP) is 12.5. The highest BCUT2D eigenvalue weighted by atomic mass is 31.2. The zero-order valence-corrected chi connectivity index (χ0v) is 37.3. The van der Waals surface area contributed by atoms with Gasteiger partial charge in [-0.05, 0) is 57.8 Å². The van der Waals surface area contributed by atoms with Crippen molar-refractivity contribution in [3.05, 3.63) is 48.6 Å². The molecule has 0 bridgehead atoms. The first-order valence-electron chi connectivity index (χ1n) is 22.5. The van der Waals surface area contributed by atoms with Gasteiger partial charge in [0, 0.05) is 6.42 Å². The highest BCUT2D eigenvalue weighted by Crippen LogP contribution is 2.43. The van der Waals surface area contributed by atoms with Crippen LogP contribution < -0.4 is 5.32 Å². The van der Waals surface area contributed by atoms with E-state index >= 15 is 0 Å². The van der Waals surface area contributed by atoms with Crippen molar-refractivity contribution in [3.8, 4) is 0 Å². The third kappa shape index (κ3) is 40.5. The normalized spacial score (nSPS) is 14.8. The van der Waals surface area contributed by atoms with Crippen molar-refractivity contribution in [2.45, 2.75) is 199 Å². The summed E-state index contributed by atoms with van der Waals surface area (Å²) in [5.41, 5.74) is 0. The van der Waals surface area contributed by atoms with Crippen molar-refractivity contribution >= 4 is 13.7 Å². The molecule has 322 valence electrons. The lowest BCUT2D eigenvalue weighted by molar-refractivity contribution is -0.870. The van der Waals surface area contributed by atoms with Crippen LogP contribution in [-0.4, -0.2) is 73.4 Å². The number of phosphoric ester groups is 1. The van der Waals surface area contributed by atoms with E-state index in [2.05, 4.69) is 55.6 Å². The van der Waals surface area contributed by atoms with Crippen molar-refractivity contribution in [3.63, 3.8) is 0 Å². The summed E-state index contributed by atoms with van der Waals surface area (Å²) in [6, 6.07) is -0.861. The number of nitrogens with one attached hydrogen (secondary N) is 1. The monoisotopic (exact) mass is 796 g/mol. The zero-order chi connectivity index (χ0) is 40.7. The third-order valence-corrected chi connectivity index (χ3v) is 10.8. The molecular formula is C46H88N2O6P+. The number of carbonyl (C=O) groups excluding carboxylic acids is 1. The van der Waals surface area contributed by atoms with Gasteiger partial charge in [0.15, 0.2) is 0 Å². The molecule has 0 rings (SSSR count). The summed E-state index contributed by atoms with van der Waals surface area (Å²) in [6.45, 7) is 4.70. The number of rotatable bonds is 40. The average molecular weight is 796 g/mol. The Morgan fingerprint density at radius 1 is 0.618 bits per heavy atom. The first-order valence-corrected chi connectivity index (χ1v) is 24.0. The molecule has 0 spiro atoms. The molecule has 9 heteroatoms. The topological polar surface area (TPSA) is 105 Å². The number of likely N-dealkylation sites (N-methyl/N-ethyl adjacent to an activating group) is 1. The van der Waals surface area contributed by atoms with Gasteiger partial charge in [-0.15, -0.1) is 0 Å². The van der Waals surface area contributed by atoms with Crippen LogP contribution >= 0.6 is 7.82 Å². The molecule has 0 saturated carbocycles. The van der Waals surface area contributed by atoms with E-state index in [1.165, 1.54) is 122 Å². The standard InChI is InChI=1S/C46H87N2O6P/c1-6-8-10-12-14-16-17-18-19-20-21-22-23-24-25-26-27-28-29-30-31-32-34-36-38-40-46(50)47-44(43-54-55(51,52)53-42-41-48(3,4)5)45(49)39-37-35-33-15-13-11-9-7-2/h13,15,17-18,20-21,37,39,44-45,49H,6-12,14,16,19,22-36,38,40-43H2,1-5H3,(H-,47,50,51,52)/p+1/b15-13+,18-17-,21-20-,39-37+. The van der Waals surface area contributed by atoms with Crippen molar-refractivity contribution in [2.24, 2.45) is 0 Å². The Morgan fingerprint density at radius 3 is 1.62 bits per heavy atom. The van der Waals surface area contributed by atoms with Gasteiger partial charge in [0.05, 0.1) is 39.9 Å². The Morgan fingerprint density at radius 2 is 1.07 bits per heavy atom. The molecule has 55 heavy (non-hydrogen) atoms. The zero-order valence-electron chi connectivity index (χ0n) is 36.4. The molecule has 8 nitrogen and oxygen atoms in total. The van der Waals surface area contributed by atoms with Crippen LogP contribution in [0.15, 0.2) is 48.6 Å². The van der Waals surface area contributed by atoms with E-state index in [1.54, 1.807) is 6.08 Å². The molecule has 0 heterocycles. The number of amides is 1. The number of nitrogens with zero attached hydrogens (tertiary/aromatic N) is 1. The minimum atomic E-state index is -4.34. The molecule has 0 saturated heterocycles. The van der Waals surface area contributed by atoms with E-state index in [1.807, 2.05) is 27.2 Å². The van der Waals surface area contributed by atoms with Crippen LogP contribution in [0, 0.1) is 0 Å². The number of carbonyl (C=O) groups is 1. The summed E-state index contributed by atoms with van der Waals surface area (Å²) in [7, 11) is 1.55. The fraction of sp³-hybridized carbons (Fsp3) is 0.804. The molecule has 0 aliphatic heterocycles. The number of hydrogen-bond acceptors (Lipinski definition) is 5. The lowest BCUT2D eigenvalue weighted by atomic mass is 10.0. The maximum Gasteiger partial charge on any atom is 0.472 e. The molecule has 0 aliphatic carbocycles. The maximum atomic E-state index is 12.8. The molecule has 0 aliphatic rings. The molecule has 3 N–H and O–H groups in total. The fourth-order valence-corrected chi connectivity index (χ4v) is 6.87. The number of phosphoric acid groups is 1. The first kappa shape index (κ1) is 53.5. The van der Waals surface area contributed by atoms with Crippen LogP contribution in [0.3, 0.4) is 0 Å². The van der Waals surface area contributed by atoms with Crippen LogP contribution in [0.1, 0.15) is 187 Å². The molecule has 3 atom stereocenters. The average Bonchev–Trinajstić information content (AvgIpc) is 3.13. The summed E-state index contributed by atoms with van der Waals surface area (Å²) in [5, 5.41) is 13.7. The number of quaternary nitrogens is 1. The Balaban J connectivity index is 4.15. The highest BCUT2D eigenvalue weighted by Gasteiger charge is 2.27. The van der Waals surface area contributed by atoms with Gasteiger partial charge in [0.2, 0.25) is 5.91 Å². The Hall–Kier alpha value is -1.54. The summed E-state index contributed by atoms with van der Waals surface area (Å²) in [5.74, 6) is -0.193. The third-order valence-electron chi connectivity index (χ3n) is 9.77. The maximum absolute atomic E-state index is 12.8. The molecule has 1 amide bonds. The number of hydrogen-bond donors (Lipinski definition) is 3. The van der Waals surface area contributed by atoms with Gasteiger partial charge < -0.3 is 19.8 Å². The van der Waals surface area contributed by atoms with E-state index in [0.29, 0.717) is 17.4 Å². The fourth-order valence-electron chi connectivity index (χ4n) is 6.13. The van der Waals surface area contributed by atoms with Crippen LogP contribution in [0.2, 0.25) is 0 Å². The van der Waals surface area contributed by atoms with Crippen molar-refractivity contribution in [2.75, 3.05) is 40.9 Å². The molecule has 0 fully saturated rings. The quantitative estimate of drug-likeness (QED) is 0.0247. The van der Waals surface area contributed by atoms with E-state index in [4.69, 9.17) is 9.05 Å². The van der Waals surface area contributed by atoms with Gasteiger partial charge in [-0.25, -0.2) is 4.57 Å². The van der Waals surface area contributed by atoms with E-state index < -0.39 is 20.0 Å². The summed E-state index contributed by atoms with van der Waals surface area (Å²) in [6.07, 6.45) is 47.8. The van der Waals surface area contributed by atoms with E-state index in [0.717, 1.165) is 44.9 Å². The number of unbranched alkanes of at least 4 members (excludes halogenated alkanes) is 21. The van der Waals surface area contributed by atoms with E-state index in [-0.39, 0.29) is 19.1 Å². The minimum Gasteiger partial charge on any atom is -0.387 e. The van der Waals surface area contributed by atoms with Crippen molar-refractivity contribution in [1.29, 1.82) is 0 Å². The SMILES string of the molecule is CCCC/C=C/CC/C=C/C(O)C(COP(=O)(O)OCC[N+](C)(C)C)NC(=O)CCCCCCCCCCCCCCC/C=C\C/C=C\CCCCCCC. The van der Waals surface area contributed by atoms with Gasteiger partial charge in [-0.3, -0.25) is 13.8 Å². The Kier molecular flexibility index (Phi) is 36.9. The summed E-state index contributed by atoms with van der Waals surface area (Å²) >= 11 is 0. The van der Waals surface area contributed by atoms with Crippen molar-refractivity contribution < 1.29 is 32.9 Å². The molecule has 3 unspecified atom stereocenters. The number of aliphatic hydroxyl groups is 1. The lowest BCUT2D eigenvalue weighted by Crippen LogP contribution is -2.45. The summed E-state index contributed by atoms with van der Waals surface area (Å²) < 4.78 is 23.4. The molecular weight excluding hydrogens is 707 g/mol. The minimum absolute atomic E-state index is 0.0547. The van der Waals surface area contributed by atoms with Gasteiger partial charge >= 0.3 is 7.82 Å². The van der Waals surface area contributed by atoms with Gasteiger partial charge in [0.1, 0.15) is 13.2 Å². The van der Waals surface area contributed by atoms with Crippen molar-refractivity contribution in [1.82, 2.24) is 5.32 Å². The number of aliphatic hydroxyl groups excluding tert-OH is 1. The van der Waals surface area contributed by atoms with E-state index in [9.17, 15) is 19.4 Å². The lowest BCUT2D eigenvalue weighted by Gasteiger charge is -2.25. The van der Waals surface area contributed by atoms with Crippen LogP contribution in [0.5, 0.6) is 0 Å². The van der Waals surface area contributed by atoms with Crippen LogP contribution in [0.4, 0.5) is 0 Å². The highest BCUT2D eigenvalue weighted by molar-refractivity contribution is 7.47. The molecule has 0 aromatic rings. The number of allylic oxidation sites excluding steroid dienone is 7. The van der Waals surface area contributed by atoms with Crippen LogP contribution in [-0.2, 0) is 18.4 Å². The second-order valence-electron chi connectivity index (χ2n) is 16.4. The summed E-state index contributed by atoms with van der Waals surface area (Å²) in [4.78, 5) is 23.0. The van der Waals surface area contributed by atoms with Gasteiger partial charge in [-0.1, -0.05) is 172 Å². The largest absolute Gasteiger partial charge is 0.472 e. The van der Waals surface area contributed by atoms with Gasteiger partial charge in [0.25, 0.3) is 0 Å². The smallest absolute Gasteiger partial charge is 0.387 e. The van der Waals surface area contributed by atoms with Crippen LogP contribution in [0.25, 0.3) is 0 Å². The molecule has 0 aromatic carbocycles. The first-order chi connectivity index (χ1) is 26.5. The second kappa shape index (κ2) is 38.0.